The fourth-order valence-corrected chi connectivity index (χ4v) is 9.92. The number of aryl methyl sites for hydroxylation is 4. The number of aromatic hydroxyl groups is 1. The first-order valence-electron chi connectivity index (χ1n) is 21.5. The van der Waals surface area contributed by atoms with E-state index in [9.17, 15) is 5.11 Å². The average molecular weight is 1010 g/mol. The molecular formula is C58H40N3O2Pt-. The minimum atomic E-state index is 0. The summed E-state index contributed by atoms with van der Waals surface area (Å²) in [5, 5.41) is 13.3. The van der Waals surface area contributed by atoms with Crippen LogP contribution >= 0.6 is 0 Å². The van der Waals surface area contributed by atoms with Crippen molar-refractivity contribution in [1.82, 2.24) is 14.5 Å². The van der Waals surface area contributed by atoms with Crippen molar-refractivity contribution in [3.05, 3.63) is 204 Å². The van der Waals surface area contributed by atoms with Gasteiger partial charge in [-0.1, -0.05) is 150 Å². The summed E-state index contributed by atoms with van der Waals surface area (Å²) in [4.78, 5) is 11.2. The molecule has 0 bridgehead atoms. The van der Waals surface area contributed by atoms with Gasteiger partial charge in [0.05, 0.1) is 28.0 Å². The van der Waals surface area contributed by atoms with Gasteiger partial charge in [0.1, 0.15) is 17.0 Å². The van der Waals surface area contributed by atoms with Crippen molar-refractivity contribution in [3.63, 3.8) is 0 Å². The molecule has 1 aliphatic rings. The van der Waals surface area contributed by atoms with Gasteiger partial charge in [-0.05, 0) is 112 Å². The Hall–Kier alpha value is -7.33. The zero-order valence-electron chi connectivity index (χ0n) is 35.2. The molecule has 8 aromatic carbocycles. The molecule has 0 spiro atoms. The number of hydrogen-bond acceptors (Lipinski definition) is 4. The molecule has 6 heteroatoms. The molecule has 11 aromatic rings. The zero-order valence-corrected chi connectivity index (χ0v) is 37.4. The van der Waals surface area contributed by atoms with Crippen LogP contribution in [0.25, 0.3) is 106 Å². The third-order valence-corrected chi connectivity index (χ3v) is 12.8. The van der Waals surface area contributed by atoms with E-state index < -0.39 is 0 Å². The third kappa shape index (κ3) is 6.33. The van der Waals surface area contributed by atoms with Gasteiger partial charge in [0.25, 0.3) is 0 Å². The maximum absolute atomic E-state index is 11.2. The van der Waals surface area contributed by atoms with Crippen LogP contribution in [0, 0.1) is 19.9 Å². The van der Waals surface area contributed by atoms with Crippen molar-refractivity contribution in [2.75, 3.05) is 0 Å². The van der Waals surface area contributed by atoms with Gasteiger partial charge in [-0.15, -0.1) is 23.8 Å². The molecule has 1 N–H and O–H groups in total. The summed E-state index contributed by atoms with van der Waals surface area (Å²) in [5.74, 6) is 0.965. The van der Waals surface area contributed by atoms with Crippen molar-refractivity contribution < 1.29 is 30.6 Å². The van der Waals surface area contributed by atoms with Gasteiger partial charge in [-0.25, -0.2) is 9.97 Å². The van der Waals surface area contributed by atoms with E-state index in [2.05, 4.69) is 170 Å². The molecule has 5 nitrogen and oxygen atoms in total. The first kappa shape index (κ1) is 39.5. The minimum Gasteiger partial charge on any atom is -0.507 e. The van der Waals surface area contributed by atoms with Crippen molar-refractivity contribution in [2.45, 2.75) is 26.7 Å². The molecule has 3 heterocycles. The number of phenolic OH excluding ortho intramolecular Hbond substituents is 1. The summed E-state index contributed by atoms with van der Waals surface area (Å²) in [5.41, 5.74) is 19.7. The molecule has 0 saturated heterocycles. The summed E-state index contributed by atoms with van der Waals surface area (Å²) in [7, 11) is 0. The molecule has 310 valence electrons. The molecule has 0 radical (unpaired) electrons. The Balaban J connectivity index is 0.00000456. The Labute approximate surface area is 385 Å². The quantitative estimate of drug-likeness (QED) is 0.169. The van der Waals surface area contributed by atoms with Crippen LogP contribution < -0.4 is 0 Å². The summed E-state index contributed by atoms with van der Waals surface area (Å²) in [6.45, 7) is 4.32. The number of aromatic nitrogens is 3. The van der Waals surface area contributed by atoms with E-state index in [4.69, 9.17) is 14.4 Å². The molecule has 64 heavy (non-hydrogen) atoms. The molecule has 3 aromatic heterocycles. The molecule has 0 atom stereocenters. The van der Waals surface area contributed by atoms with Gasteiger partial charge < -0.3 is 9.52 Å². The number of phenols is 1. The van der Waals surface area contributed by atoms with Gasteiger partial charge >= 0.3 is 0 Å². The Morgan fingerprint density at radius 2 is 1.23 bits per heavy atom. The Kier molecular flexibility index (Phi) is 9.74. The predicted molar refractivity (Wildman–Crippen MR) is 256 cm³/mol. The minimum absolute atomic E-state index is 0. The Bertz CT molecular complexity index is 3530. The molecule has 0 amide bonds. The third-order valence-electron chi connectivity index (χ3n) is 12.8. The summed E-state index contributed by atoms with van der Waals surface area (Å²) < 4.78 is 8.86. The van der Waals surface area contributed by atoms with Crippen LogP contribution in [0.1, 0.15) is 22.3 Å². The predicted octanol–water partition coefficient (Wildman–Crippen LogP) is 14.5. The molecule has 0 fully saturated rings. The Morgan fingerprint density at radius 3 is 1.98 bits per heavy atom. The number of rotatable bonds is 6. The Morgan fingerprint density at radius 1 is 0.562 bits per heavy atom. The number of imidazole rings is 1. The molecule has 12 rings (SSSR count). The van der Waals surface area contributed by atoms with Crippen LogP contribution in [0.5, 0.6) is 5.75 Å². The van der Waals surface area contributed by atoms with Crippen LogP contribution in [0.15, 0.2) is 180 Å². The zero-order chi connectivity index (χ0) is 42.2. The van der Waals surface area contributed by atoms with E-state index in [0.717, 1.165) is 141 Å². The molecule has 0 aliphatic heterocycles. The van der Waals surface area contributed by atoms with E-state index >= 15 is 0 Å². The summed E-state index contributed by atoms with van der Waals surface area (Å²) in [6.07, 6.45) is 1.71. The van der Waals surface area contributed by atoms with E-state index in [0.29, 0.717) is 0 Å². The SMILES string of the molecule is Cc1cccc(C)c1-n1c(-c2ccc3c(n2)-c2c(O)cccc2CC3)nc2c(-c3[c-]cc4c(c3)oc3ccccc34)c(-c3c(-c4ccccc4)cccc3-c3ccccc3)ccc21.[Pt]. The van der Waals surface area contributed by atoms with Crippen LogP contribution in [-0.4, -0.2) is 19.6 Å². The molecular weight excluding hydrogens is 966 g/mol. The van der Waals surface area contributed by atoms with E-state index in [1.54, 1.807) is 6.07 Å². The molecule has 0 unspecified atom stereocenters. The first-order chi connectivity index (χ1) is 31.0. The topological polar surface area (TPSA) is 64.1 Å². The van der Waals surface area contributed by atoms with Gasteiger partial charge in [-0.2, -0.15) is 0 Å². The number of fused-ring (bicyclic) bond motifs is 7. The normalized spacial score (nSPS) is 12.0. The van der Waals surface area contributed by atoms with E-state index in [-0.39, 0.29) is 26.8 Å². The van der Waals surface area contributed by atoms with Crippen molar-refractivity contribution in [3.8, 4) is 78.7 Å². The molecule has 0 saturated carbocycles. The van der Waals surface area contributed by atoms with Crippen molar-refractivity contribution in [1.29, 1.82) is 0 Å². The standard InChI is InChI=1S/C58H40N3O2.Pt/c1-35-14-11-15-36(2)57(35)61-48-33-31-46(54-42(37-16-5-3-6-17-37)22-13-23-43(54)38-18-7-4-8-19-38)52(41-28-30-45-44-21-9-10-25-50(44)63-51(45)34-41)56(48)60-58(61)47-32-29-40-27-26-39-20-12-24-49(62)53(39)55(40)59-47;/h3-25,29-34,62H,26-27H2,1-2H3;/q-1;. The van der Waals surface area contributed by atoms with Crippen LogP contribution in [-0.2, 0) is 33.9 Å². The number of nitrogens with zero attached hydrogens (tertiary/aromatic N) is 3. The number of furan rings is 1. The smallest absolute Gasteiger partial charge is 0.163 e. The van der Waals surface area contributed by atoms with E-state index in [1.165, 1.54) is 0 Å². The van der Waals surface area contributed by atoms with Gasteiger partial charge in [0.15, 0.2) is 5.82 Å². The fraction of sp³-hybridized carbons (Fsp3) is 0.0690. The average Bonchev–Trinajstić information content (AvgIpc) is 3.90. The first-order valence-corrected chi connectivity index (χ1v) is 21.5. The summed E-state index contributed by atoms with van der Waals surface area (Å²) >= 11 is 0. The largest absolute Gasteiger partial charge is 0.507 e. The number of para-hydroxylation sites is 2. The number of benzene rings is 8. The van der Waals surface area contributed by atoms with Gasteiger partial charge in [-0.3, -0.25) is 4.57 Å². The van der Waals surface area contributed by atoms with Crippen LogP contribution in [0.4, 0.5) is 0 Å². The van der Waals surface area contributed by atoms with Crippen LogP contribution in [0.3, 0.4) is 0 Å². The summed E-state index contributed by atoms with van der Waals surface area (Å²) in [6, 6.07) is 65.0. The van der Waals surface area contributed by atoms with Gasteiger partial charge in [0, 0.05) is 26.6 Å². The number of pyridine rings is 1. The number of hydrogen-bond donors (Lipinski definition) is 1. The second kappa shape index (κ2) is 15.8. The second-order valence-corrected chi connectivity index (χ2v) is 16.6. The van der Waals surface area contributed by atoms with Crippen molar-refractivity contribution >= 4 is 33.0 Å². The fourth-order valence-electron chi connectivity index (χ4n) is 9.92. The van der Waals surface area contributed by atoms with Crippen LogP contribution in [0.2, 0.25) is 0 Å². The van der Waals surface area contributed by atoms with E-state index in [1.807, 2.05) is 24.3 Å². The van der Waals surface area contributed by atoms with Gasteiger partial charge in [0.2, 0.25) is 0 Å². The maximum atomic E-state index is 11.2. The maximum Gasteiger partial charge on any atom is 0.163 e. The second-order valence-electron chi connectivity index (χ2n) is 16.6. The molecule has 1 aliphatic carbocycles. The van der Waals surface area contributed by atoms with Crippen molar-refractivity contribution in [2.24, 2.45) is 0 Å². The monoisotopic (exact) mass is 1010 g/mol.